The van der Waals surface area contributed by atoms with E-state index in [4.69, 9.17) is 4.74 Å². The van der Waals surface area contributed by atoms with Crippen LogP contribution in [-0.4, -0.2) is 17.1 Å². The Kier molecular flexibility index (Phi) is 4.91. The summed E-state index contributed by atoms with van der Waals surface area (Å²) in [7, 11) is 0. The number of carbonyl (C=O) groups is 1. The molecule has 4 atom stereocenters. The number of aromatic nitrogens is 1. The third-order valence-corrected chi connectivity index (χ3v) is 5.71. The molecule has 1 heterocycles. The molecule has 0 aliphatic heterocycles. The van der Waals surface area contributed by atoms with E-state index in [1.165, 1.54) is 0 Å². The van der Waals surface area contributed by atoms with E-state index in [1.807, 2.05) is 31.2 Å². The largest absolute Gasteiger partial charge is 0.460 e. The minimum Gasteiger partial charge on any atom is -0.460 e. The van der Waals surface area contributed by atoms with Gasteiger partial charge in [0.25, 0.3) is 0 Å². The molecule has 26 heavy (non-hydrogen) atoms. The van der Waals surface area contributed by atoms with Gasteiger partial charge in [0.1, 0.15) is 6.10 Å². The van der Waals surface area contributed by atoms with E-state index in [0.717, 1.165) is 35.7 Å². The predicted octanol–water partition coefficient (Wildman–Crippen LogP) is 4.87. The molecule has 0 radical (unpaired) electrons. The number of H-pyrrole nitrogens is 1. The molecule has 136 valence electrons. The van der Waals surface area contributed by atoms with Crippen LogP contribution in [0, 0.1) is 23.2 Å². The van der Waals surface area contributed by atoms with Crippen molar-refractivity contribution < 1.29 is 9.53 Å². The van der Waals surface area contributed by atoms with Crippen molar-refractivity contribution in [2.75, 3.05) is 0 Å². The van der Waals surface area contributed by atoms with Gasteiger partial charge in [-0.2, -0.15) is 5.26 Å². The van der Waals surface area contributed by atoms with Crippen LogP contribution in [0.3, 0.4) is 0 Å². The van der Waals surface area contributed by atoms with Gasteiger partial charge < -0.3 is 9.72 Å². The molecule has 3 rings (SSSR count). The summed E-state index contributed by atoms with van der Waals surface area (Å²) in [5.41, 5.74) is 1.26. The van der Waals surface area contributed by atoms with Crippen molar-refractivity contribution in [3.63, 3.8) is 0 Å². The highest BCUT2D eigenvalue weighted by molar-refractivity contribution is 5.94. The zero-order valence-electron chi connectivity index (χ0n) is 15.7. The molecule has 4 heteroatoms. The first kappa shape index (κ1) is 18.3. The lowest BCUT2D eigenvalue weighted by atomic mass is 9.77. The van der Waals surface area contributed by atoms with Gasteiger partial charge in [0.15, 0.2) is 5.41 Å². The molecule has 2 aromatic rings. The number of rotatable bonds is 4. The molecule has 1 saturated carbocycles. The van der Waals surface area contributed by atoms with Crippen LogP contribution in [0.15, 0.2) is 42.6 Å². The average Bonchev–Trinajstić information content (AvgIpc) is 3.05. The smallest absolute Gasteiger partial charge is 0.331 e. The van der Waals surface area contributed by atoms with Crippen molar-refractivity contribution in [3.8, 4) is 6.07 Å². The van der Waals surface area contributed by atoms with Crippen molar-refractivity contribution >= 4 is 16.9 Å². The number of nitriles is 1. The Morgan fingerprint density at radius 3 is 2.81 bits per heavy atom. The molecule has 0 saturated heterocycles. The molecule has 0 amide bonds. The molecule has 0 bridgehead atoms. The second kappa shape index (κ2) is 6.99. The van der Waals surface area contributed by atoms with Crippen LogP contribution in [-0.2, 0) is 14.9 Å². The van der Waals surface area contributed by atoms with E-state index in [-0.39, 0.29) is 12.0 Å². The molecular weight excluding hydrogens is 324 g/mol. The maximum absolute atomic E-state index is 13.1. The number of aromatic amines is 1. The first-order valence-corrected chi connectivity index (χ1v) is 9.21. The fourth-order valence-electron chi connectivity index (χ4n) is 3.98. The summed E-state index contributed by atoms with van der Waals surface area (Å²) in [6, 6.07) is 9.88. The maximum Gasteiger partial charge on any atom is 0.331 e. The molecule has 1 aromatic carbocycles. The van der Waals surface area contributed by atoms with Crippen molar-refractivity contribution in [1.29, 1.82) is 5.26 Å². The Balaban J connectivity index is 1.91. The number of hydrogen-bond acceptors (Lipinski definition) is 3. The SMILES string of the molecule is C=C(C)[C@@H]1CC[C@@H](C)C[C@H]1OC(=O)[C@@](C)(C#N)c1c[nH]c2ccccc12. The lowest BCUT2D eigenvalue weighted by Crippen LogP contribution is -2.40. The lowest BCUT2D eigenvalue weighted by Gasteiger charge is -2.36. The molecule has 1 aromatic heterocycles. The van der Waals surface area contributed by atoms with E-state index in [0.29, 0.717) is 11.5 Å². The van der Waals surface area contributed by atoms with Crippen LogP contribution in [0.2, 0.25) is 0 Å². The van der Waals surface area contributed by atoms with Gasteiger partial charge in [0.05, 0.1) is 6.07 Å². The van der Waals surface area contributed by atoms with E-state index in [9.17, 15) is 10.1 Å². The second-order valence-corrected chi connectivity index (χ2v) is 7.80. The van der Waals surface area contributed by atoms with E-state index < -0.39 is 11.4 Å². The zero-order chi connectivity index (χ0) is 18.9. The summed E-state index contributed by atoms with van der Waals surface area (Å²) in [5, 5.41) is 10.7. The number of para-hydroxylation sites is 1. The summed E-state index contributed by atoms with van der Waals surface area (Å²) in [6.45, 7) is 9.89. The lowest BCUT2D eigenvalue weighted by molar-refractivity contribution is -0.157. The Labute approximate surface area is 154 Å². The van der Waals surface area contributed by atoms with E-state index in [1.54, 1.807) is 13.1 Å². The number of benzene rings is 1. The molecule has 1 aliphatic rings. The highest BCUT2D eigenvalue weighted by Gasteiger charge is 2.42. The van der Waals surface area contributed by atoms with Crippen LogP contribution in [0.5, 0.6) is 0 Å². The predicted molar refractivity (Wildman–Crippen MR) is 102 cm³/mol. The van der Waals surface area contributed by atoms with E-state index >= 15 is 0 Å². The fraction of sp³-hybridized carbons (Fsp3) is 0.455. The summed E-state index contributed by atoms with van der Waals surface area (Å²) in [4.78, 5) is 16.2. The van der Waals surface area contributed by atoms with Gasteiger partial charge in [-0.3, -0.25) is 0 Å². The van der Waals surface area contributed by atoms with Gasteiger partial charge in [0, 0.05) is 28.6 Å². The number of esters is 1. The van der Waals surface area contributed by atoms with Gasteiger partial charge in [-0.15, -0.1) is 0 Å². The zero-order valence-corrected chi connectivity index (χ0v) is 15.7. The normalized spacial score (nSPS) is 25.2. The molecule has 0 spiro atoms. The van der Waals surface area contributed by atoms with Gasteiger partial charge in [0.2, 0.25) is 0 Å². The highest BCUT2D eigenvalue weighted by Crippen LogP contribution is 2.37. The fourth-order valence-corrected chi connectivity index (χ4v) is 3.98. The van der Waals surface area contributed by atoms with Gasteiger partial charge in [-0.25, -0.2) is 4.79 Å². The third kappa shape index (κ3) is 3.14. The Hall–Kier alpha value is -2.54. The third-order valence-electron chi connectivity index (χ3n) is 5.71. The van der Waals surface area contributed by atoms with Crippen LogP contribution in [0.4, 0.5) is 0 Å². The highest BCUT2D eigenvalue weighted by atomic mass is 16.5. The maximum atomic E-state index is 13.1. The minimum atomic E-state index is -1.35. The monoisotopic (exact) mass is 350 g/mol. The summed E-state index contributed by atoms with van der Waals surface area (Å²) in [5.74, 6) is 0.195. The average molecular weight is 350 g/mol. The molecule has 1 N–H and O–H groups in total. The van der Waals surface area contributed by atoms with Crippen LogP contribution < -0.4 is 0 Å². The summed E-state index contributed by atoms with van der Waals surface area (Å²) >= 11 is 0. The van der Waals surface area contributed by atoms with Gasteiger partial charge >= 0.3 is 5.97 Å². The number of nitrogens with zero attached hydrogens (tertiary/aromatic N) is 1. The first-order chi connectivity index (χ1) is 12.4. The molecular formula is C22H26N2O2. The van der Waals surface area contributed by atoms with Crippen molar-refractivity contribution in [2.45, 2.75) is 51.6 Å². The van der Waals surface area contributed by atoms with Crippen LogP contribution in [0.1, 0.15) is 45.6 Å². The second-order valence-electron chi connectivity index (χ2n) is 7.80. The summed E-state index contributed by atoms with van der Waals surface area (Å²) < 4.78 is 5.93. The molecule has 4 nitrogen and oxygen atoms in total. The van der Waals surface area contributed by atoms with E-state index in [2.05, 4.69) is 24.6 Å². The number of hydrogen-bond donors (Lipinski definition) is 1. The molecule has 1 aliphatic carbocycles. The molecule has 1 fully saturated rings. The Morgan fingerprint density at radius 1 is 1.38 bits per heavy atom. The summed E-state index contributed by atoms with van der Waals surface area (Å²) in [6.07, 6.45) is 4.45. The topological polar surface area (TPSA) is 65.9 Å². The van der Waals surface area contributed by atoms with Crippen molar-refractivity contribution in [2.24, 2.45) is 11.8 Å². The van der Waals surface area contributed by atoms with Crippen LogP contribution in [0.25, 0.3) is 10.9 Å². The van der Waals surface area contributed by atoms with Gasteiger partial charge in [-0.05, 0) is 45.1 Å². The quantitative estimate of drug-likeness (QED) is 0.632. The molecule has 0 unspecified atom stereocenters. The number of nitrogens with one attached hydrogen (secondary N) is 1. The van der Waals surface area contributed by atoms with Crippen molar-refractivity contribution in [3.05, 3.63) is 48.2 Å². The minimum absolute atomic E-state index is 0.168. The Morgan fingerprint density at radius 2 is 2.12 bits per heavy atom. The Bertz CT molecular complexity index is 876. The van der Waals surface area contributed by atoms with Crippen LogP contribution >= 0.6 is 0 Å². The van der Waals surface area contributed by atoms with Gasteiger partial charge in [-0.1, -0.05) is 37.3 Å². The number of ether oxygens (including phenoxy) is 1. The van der Waals surface area contributed by atoms with Crippen molar-refractivity contribution in [1.82, 2.24) is 4.98 Å². The number of carbonyl (C=O) groups excluding carboxylic acids is 1. The standard InChI is InChI=1S/C22H26N2O2/c1-14(2)16-10-9-15(3)11-20(16)26-21(25)22(4,13-23)18-12-24-19-8-6-5-7-17(18)19/h5-8,12,15-16,20,24H,1,9-11H2,2-4H3/t15-,16+,20-,22+/m1/s1. The first-order valence-electron chi connectivity index (χ1n) is 9.21. The number of fused-ring (bicyclic) bond motifs is 1.